The maximum Gasteiger partial charge on any atom is 0.305 e. The van der Waals surface area contributed by atoms with E-state index in [4.69, 9.17) is 32.7 Å². The van der Waals surface area contributed by atoms with Gasteiger partial charge in [0.15, 0.2) is 0 Å². The highest BCUT2D eigenvalue weighted by atomic mass is 35.5. The van der Waals surface area contributed by atoms with Gasteiger partial charge < -0.3 is 14.6 Å². The molecule has 11 heteroatoms. The summed E-state index contributed by atoms with van der Waals surface area (Å²) < 4.78 is 35.9. The number of sulfonamides is 1. The monoisotopic (exact) mass is 546 g/mol. The van der Waals surface area contributed by atoms with Crippen molar-refractivity contribution in [1.29, 1.82) is 0 Å². The molecule has 0 aliphatic heterocycles. The minimum absolute atomic E-state index is 0.0394. The van der Waals surface area contributed by atoms with Crippen LogP contribution in [0.2, 0.25) is 10.0 Å². The normalized spacial score (nSPS) is 12.4. The van der Waals surface area contributed by atoms with E-state index in [9.17, 15) is 18.3 Å². The highest BCUT2D eigenvalue weighted by Crippen LogP contribution is 2.23. The topological polar surface area (TPSA) is 105 Å². The Morgan fingerprint density at radius 3 is 2.46 bits per heavy atom. The zero-order valence-electron chi connectivity index (χ0n) is 19.9. The van der Waals surface area contributed by atoms with E-state index in [0.29, 0.717) is 54.0 Å². The largest absolute Gasteiger partial charge is 0.491 e. The molecule has 0 saturated heterocycles. The number of aliphatic hydroxyl groups is 1. The Balaban J connectivity index is 1.90. The SMILES string of the molecule is CCCC(=O)OCCN(CCc1ccc(Cl)c(Cl)c1)CC(O)COc1ccc(NS(C)(=O)=O)cc1. The lowest BCUT2D eigenvalue weighted by molar-refractivity contribution is -0.144. The second kappa shape index (κ2) is 14.5. The van der Waals surface area contributed by atoms with Crippen LogP contribution in [0.3, 0.4) is 0 Å². The third-order valence-electron chi connectivity index (χ3n) is 4.89. The van der Waals surface area contributed by atoms with Crippen molar-refractivity contribution >= 4 is 44.9 Å². The predicted molar refractivity (Wildman–Crippen MR) is 139 cm³/mol. The molecule has 0 heterocycles. The van der Waals surface area contributed by atoms with E-state index in [2.05, 4.69) is 4.72 Å². The molecule has 0 amide bonds. The summed E-state index contributed by atoms with van der Waals surface area (Å²) in [5, 5.41) is 11.5. The van der Waals surface area contributed by atoms with Crippen LogP contribution in [0.5, 0.6) is 5.75 Å². The number of carbonyl (C=O) groups is 1. The van der Waals surface area contributed by atoms with E-state index in [0.717, 1.165) is 18.2 Å². The van der Waals surface area contributed by atoms with Crippen LogP contribution in [0.15, 0.2) is 42.5 Å². The molecule has 0 saturated carbocycles. The molecule has 0 radical (unpaired) electrons. The van der Waals surface area contributed by atoms with Crippen LogP contribution in [-0.4, -0.2) is 69.6 Å². The average Bonchev–Trinajstić information content (AvgIpc) is 2.78. The Morgan fingerprint density at radius 2 is 1.83 bits per heavy atom. The van der Waals surface area contributed by atoms with Crippen molar-refractivity contribution in [3.63, 3.8) is 0 Å². The molecule has 0 fully saturated rings. The lowest BCUT2D eigenvalue weighted by Gasteiger charge is -2.25. The number of nitrogens with zero attached hydrogens (tertiary/aromatic N) is 1. The number of hydrogen-bond acceptors (Lipinski definition) is 7. The van der Waals surface area contributed by atoms with E-state index in [1.54, 1.807) is 30.3 Å². The van der Waals surface area contributed by atoms with Gasteiger partial charge in [0, 0.05) is 31.7 Å². The summed E-state index contributed by atoms with van der Waals surface area (Å²) in [4.78, 5) is 13.7. The van der Waals surface area contributed by atoms with Gasteiger partial charge in [0.1, 0.15) is 25.1 Å². The Kier molecular flexibility index (Phi) is 12.1. The van der Waals surface area contributed by atoms with Crippen LogP contribution in [-0.2, 0) is 26.0 Å². The summed E-state index contributed by atoms with van der Waals surface area (Å²) in [5.41, 5.74) is 1.42. The number of rotatable bonds is 15. The first kappa shape index (κ1) is 29.2. The molecule has 0 aromatic heterocycles. The molecule has 2 aromatic carbocycles. The van der Waals surface area contributed by atoms with Gasteiger partial charge in [-0.05, 0) is 54.8 Å². The van der Waals surface area contributed by atoms with Gasteiger partial charge in [0.2, 0.25) is 10.0 Å². The molecule has 0 bridgehead atoms. The fourth-order valence-electron chi connectivity index (χ4n) is 3.22. The summed E-state index contributed by atoms with van der Waals surface area (Å²) in [6, 6.07) is 11.9. The van der Waals surface area contributed by atoms with E-state index in [-0.39, 0.29) is 19.2 Å². The van der Waals surface area contributed by atoms with Crippen LogP contribution < -0.4 is 9.46 Å². The molecule has 1 atom stereocenters. The number of anilines is 1. The highest BCUT2D eigenvalue weighted by molar-refractivity contribution is 7.92. The van der Waals surface area contributed by atoms with Crippen LogP contribution in [0.1, 0.15) is 25.3 Å². The number of hydrogen-bond donors (Lipinski definition) is 2. The van der Waals surface area contributed by atoms with Crippen LogP contribution in [0.25, 0.3) is 0 Å². The van der Waals surface area contributed by atoms with E-state index in [1.807, 2.05) is 24.0 Å². The maximum atomic E-state index is 11.7. The molecule has 8 nitrogen and oxygen atoms in total. The van der Waals surface area contributed by atoms with E-state index < -0.39 is 16.1 Å². The molecule has 0 aliphatic rings. The molecule has 2 rings (SSSR count). The second-order valence-electron chi connectivity index (χ2n) is 8.13. The molecule has 2 N–H and O–H groups in total. The van der Waals surface area contributed by atoms with Crippen molar-refractivity contribution in [2.45, 2.75) is 32.3 Å². The molecular formula is C24H32Cl2N2O6S. The van der Waals surface area contributed by atoms with Crippen molar-refractivity contribution < 1.29 is 27.8 Å². The van der Waals surface area contributed by atoms with E-state index in [1.165, 1.54) is 0 Å². The number of ether oxygens (including phenoxy) is 2. The lowest BCUT2D eigenvalue weighted by Crippen LogP contribution is -2.39. The predicted octanol–water partition coefficient (Wildman–Crippen LogP) is 3.99. The standard InChI is InChI=1S/C24H32Cl2N2O6S/c1-3-4-24(30)33-14-13-28(12-11-18-5-10-22(25)23(26)15-18)16-20(29)17-34-21-8-6-19(7-9-21)27-35(2,31)32/h5-10,15,20,27,29H,3-4,11-14,16-17H2,1-2H3. The van der Waals surface area contributed by atoms with Gasteiger partial charge in [-0.1, -0.05) is 36.2 Å². The van der Waals surface area contributed by atoms with Crippen molar-refractivity contribution in [2.75, 3.05) is 43.8 Å². The average molecular weight is 548 g/mol. The van der Waals surface area contributed by atoms with Crippen LogP contribution in [0, 0.1) is 0 Å². The fourth-order valence-corrected chi connectivity index (χ4v) is 4.10. The van der Waals surface area contributed by atoms with Crippen molar-refractivity contribution in [1.82, 2.24) is 4.90 Å². The van der Waals surface area contributed by atoms with Crippen LogP contribution >= 0.6 is 23.2 Å². The smallest absolute Gasteiger partial charge is 0.305 e. The van der Waals surface area contributed by atoms with Crippen molar-refractivity contribution in [3.8, 4) is 5.75 Å². The highest BCUT2D eigenvalue weighted by Gasteiger charge is 2.14. The fraction of sp³-hybridized carbons (Fsp3) is 0.458. The van der Waals surface area contributed by atoms with Gasteiger partial charge in [-0.3, -0.25) is 14.4 Å². The number of aliphatic hydroxyl groups excluding tert-OH is 1. The zero-order chi connectivity index (χ0) is 25.8. The van der Waals surface area contributed by atoms with Gasteiger partial charge in [-0.15, -0.1) is 0 Å². The van der Waals surface area contributed by atoms with Crippen molar-refractivity contribution in [2.24, 2.45) is 0 Å². The molecule has 2 aromatic rings. The lowest BCUT2D eigenvalue weighted by atomic mass is 10.1. The van der Waals surface area contributed by atoms with Gasteiger partial charge in [0.25, 0.3) is 0 Å². The number of benzene rings is 2. The number of carbonyl (C=O) groups excluding carboxylic acids is 1. The van der Waals surface area contributed by atoms with Gasteiger partial charge in [-0.2, -0.15) is 0 Å². The summed E-state index contributed by atoms with van der Waals surface area (Å²) >= 11 is 12.1. The molecule has 1 unspecified atom stereocenters. The quantitative estimate of drug-likeness (QED) is 0.325. The first-order valence-corrected chi connectivity index (χ1v) is 13.9. The Hall–Kier alpha value is -2.04. The maximum absolute atomic E-state index is 11.7. The first-order valence-electron chi connectivity index (χ1n) is 11.3. The van der Waals surface area contributed by atoms with Gasteiger partial charge in [-0.25, -0.2) is 8.42 Å². The number of esters is 1. The third-order valence-corrected chi connectivity index (χ3v) is 6.24. The Labute approximate surface area is 217 Å². The van der Waals surface area contributed by atoms with Gasteiger partial charge in [0.05, 0.1) is 16.3 Å². The minimum Gasteiger partial charge on any atom is -0.491 e. The van der Waals surface area contributed by atoms with Gasteiger partial charge >= 0.3 is 5.97 Å². The Morgan fingerprint density at radius 1 is 1.11 bits per heavy atom. The summed E-state index contributed by atoms with van der Waals surface area (Å²) in [6.07, 6.45) is 2.04. The molecule has 194 valence electrons. The molecule has 0 spiro atoms. The Bertz CT molecular complexity index is 1050. The second-order valence-corrected chi connectivity index (χ2v) is 10.7. The van der Waals surface area contributed by atoms with Crippen molar-refractivity contribution in [3.05, 3.63) is 58.1 Å². The summed E-state index contributed by atoms with van der Waals surface area (Å²) in [6.45, 7) is 3.55. The summed E-state index contributed by atoms with van der Waals surface area (Å²) in [5.74, 6) is 0.258. The molecule has 35 heavy (non-hydrogen) atoms. The molecule has 0 aliphatic carbocycles. The summed E-state index contributed by atoms with van der Waals surface area (Å²) in [7, 11) is -3.36. The zero-order valence-corrected chi connectivity index (χ0v) is 22.2. The minimum atomic E-state index is -3.36. The third kappa shape index (κ3) is 12.0. The van der Waals surface area contributed by atoms with Crippen LogP contribution in [0.4, 0.5) is 5.69 Å². The number of nitrogens with one attached hydrogen (secondary N) is 1. The number of halogens is 2. The molecular weight excluding hydrogens is 515 g/mol. The first-order chi connectivity index (χ1) is 16.6. The van der Waals surface area contributed by atoms with E-state index >= 15 is 0 Å².